The van der Waals surface area contributed by atoms with Crippen molar-refractivity contribution in [1.29, 1.82) is 0 Å². The van der Waals surface area contributed by atoms with Gasteiger partial charge in [0, 0.05) is 29.7 Å². The lowest BCUT2D eigenvalue weighted by molar-refractivity contribution is -0.122. The van der Waals surface area contributed by atoms with Crippen LogP contribution in [0.1, 0.15) is 35.6 Å². The Morgan fingerprint density at radius 2 is 1.76 bits per heavy atom. The second kappa shape index (κ2) is 8.43. The molecule has 5 rings (SSSR count). The first kappa shape index (κ1) is 21.9. The van der Waals surface area contributed by atoms with Gasteiger partial charge in [-0.2, -0.15) is 5.10 Å². The van der Waals surface area contributed by atoms with E-state index in [0.717, 1.165) is 34.0 Å². The minimum absolute atomic E-state index is 0.208. The molecule has 0 fully saturated rings. The maximum atomic E-state index is 13.2. The molecule has 3 aromatic rings. The number of allylic oxidation sites excluding steroid dienone is 2. The lowest BCUT2D eigenvalue weighted by atomic mass is 9.71. The van der Waals surface area contributed by atoms with Gasteiger partial charge in [-0.25, -0.2) is 4.68 Å². The molecule has 170 valence electrons. The van der Waals surface area contributed by atoms with Crippen LogP contribution in [0.15, 0.2) is 48.2 Å². The minimum Gasteiger partial charge on any atom is -0.497 e. The molecule has 2 heterocycles. The van der Waals surface area contributed by atoms with Gasteiger partial charge >= 0.3 is 0 Å². The van der Waals surface area contributed by atoms with Gasteiger partial charge < -0.3 is 14.8 Å². The van der Waals surface area contributed by atoms with Crippen LogP contribution in [0.4, 0.5) is 5.82 Å². The highest BCUT2D eigenvalue weighted by Gasteiger charge is 2.43. The maximum absolute atomic E-state index is 13.2. The topological polar surface area (TPSA) is 65.4 Å². The fraction of sp³-hybridized carbons (Fsp3) is 0.280. The Labute approximate surface area is 202 Å². The van der Waals surface area contributed by atoms with Gasteiger partial charge in [-0.05, 0) is 49.2 Å². The van der Waals surface area contributed by atoms with E-state index >= 15 is 0 Å². The summed E-state index contributed by atoms with van der Waals surface area (Å²) in [7, 11) is 3.24. The van der Waals surface area contributed by atoms with Gasteiger partial charge in [0.2, 0.25) is 0 Å². The molecule has 0 spiro atoms. The zero-order valence-corrected chi connectivity index (χ0v) is 20.0. The molecule has 2 atom stereocenters. The van der Waals surface area contributed by atoms with E-state index in [2.05, 4.69) is 11.4 Å². The molecule has 0 radical (unpaired) electrons. The van der Waals surface area contributed by atoms with Crippen molar-refractivity contribution in [3.63, 3.8) is 0 Å². The van der Waals surface area contributed by atoms with Crippen LogP contribution in [0, 0.1) is 12.8 Å². The largest absolute Gasteiger partial charge is 0.497 e. The number of rotatable bonds is 4. The predicted molar refractivity (Wildman–Crippen MR) is 129 cm³/mol. The van der Waals surface area contributed by atoms with Crippen molar-refractivity contribution < 1.29 is 14.3 Å². The Balaban J connectivity index is 1.75. The van der Waals surface area contributed by atoms with E-state index in [1.165, 1.54) is 0 Å². The highest BCUT2D eigenvalue weighted by Crippen LogP contribution is 2.49. The summed E-state index contributed by atoms with van der Waals surface area (Å²) in [5, 5.41) is 9.27. The number of halogens is 2. The monoisotopic (exact) mass is 483 g/mol. The van der Waals surface area contributed by atoms with Gasteiger partial charge in [0.1, 0.15) is 23.1 Å². The smallest absolute Gasteiger partial charge is 0.143 e. The van der Waals surface area contributed by atoms with Gasteiger partial charge in [0.05, 0.1) is 41.6 Å². The number of hydrogen-bond donors (Lipinski definition) is 1. The maximum Gasteiger partial charge on any atom is 0.143 e. The summed E-state index contributed by atoms with van der Waals surface area (Å²) in [4.78, 5) is 13.2. The van der Waals surface area contributed by atoms with Crippen molar-refractivity contribution >= 4 is 34.8 Å². The molecular formula is C25H23Cl2N3O3. The lowest BCUT2D eigenvalue weighted by Gasteiger charge is -2.37. The summed E-state index contributed by atoms with van der Waals surface area (Å²) in [6.45, 7) is 1.96. The van der Waals surface area contributed by atoms with Crippen molar-refractivity contribution in [3.8, 4) is 17.2 Å². The van der Waals surface area contributed by atoms with Gasteiger partial charge in [-0.1, -0.05) is 29.3 Å². The van der Waals surface area contributed by atoms with Crippen LogP contribution in [0.3, 0.4) is 0 Å². The van der Waals surface area contributed by atoms with Crippen LogP contribution in [-0.2, 0) is 4.79 Å². The molecule has 2 aliphatic rings. The number of aromatic nitrogens is 2. The van der Waals surface area contributed by atoms with E-state index in [4.69, 9.17) is 37.8 Å². The lowest BCUT2D eigenvalue weighted by Crippen LogP contribution is -2.35. The number of nitrogens with zero attached hydrogens (tertiary/aromatic N) is 2. The Morgan fingerprint density at radius 3 is 2.42 bits per heavy atom. The number of aryl methyl sites for hydroxylation is 1. The summed E-state index contributed by atoms with van der Waals surface area (Å²) >= 11 is 12.4. The standard InChI is InChI=1S/C25H23Cl2N3O3/c1-13-22-23(14-9-16(32-2)12-17(10-14)33-3)24-20(5-4-6-21(24)31)28-25(22)30(29-13)15-7-8-18(26)19(27)11-15/h5,7-12,23-24,28H,4,6H2,1-3H3/t23-,24+/m0/s1. The summed E-state index contributed by atoms with van der Waals surface area (Å²) < 4.78 is 12.9. The molecule has 6 nitrogen and oxygen atoms in total. The average Bonchev–Trinajstić information content (AvgIpc) is 3.15. The SMILES string of the molecule is COc1cc(OC)cc([C@H]2c3c(C)nn(-c4ccc(Cl)c(Cl)c4)c3NC3=CCCC(=O)[C@@H]32)c1. The number of ether oxygens (including phenoxy) is 2. The minimum atomic E-state index is -0.326. The highest BCUT2D eigenvalue weighted by molar-refractivity contribution is 6.42. The molecular weight excluding hydrogens is 461 g/mol. The molecule has 0 saturated carbocycles. The molecule has 1 aliphatic carbocycles. The summed E-state index contributed by atoms with van der Waals surface area (Å²) in [6.07, 6.45) is 3.34. The molecule has 1 aliphatic heterocycles. The van der Waals surface area contributed by atoms with Crippen LogP contribution in [-0.4, -0.2) is 29.8 Å². The van der Waals surface area contributed by atoms with Crippen LogP contribution in [0.25, 0.3) is 5.69 Å². The van der Waals surface area contributed by atoms with Crippen LogP contribution in [0.2, 0.25) is 10.0 Å². The van der Waals surface area contributed by atoms with Crippen molar-refractivity contribution in [2.75, 3.05) is 19.5 Å². The van der Waals surface area contributed by atoms with Crippen LogP contribution in [0.5, 0.6) is 11.5 Å². The van der Waals surface area contributed by atoms with Crippen LogP contribution >= 0.6 is 23.2 Å². The Bertz CT molecular complexity index is 1280. The van der Waals surface area contributed by atoms with Crippen molar-refractivity contribution in [2.24, 2.45) is 5.92 Å². The van der Waals surface area contributed by atoms with E-state index in [1.54, 1.807) is 26.4 Å². The zero-order valence-electron chi connectivity index (χ0n) is 18.5. The second-order valence-electron chi connectivity index (χ2n) is 8.25. The average molecular weight is 484 g/mol. The quantitative estimate of drug-likeness (QED) is 0.498. The third-order valence-electron chi connectivity index (χ3n) is 6.33. The molecule has 1 aromatic heterocycles. The summed E-state index contributed by atoms with van der Waals surface area (Å²) in [5.74, 6) is 1.81. The number of nitrogens with one attached hydrogen (secondary N) is 1. The molecule has 2 aromatic carbocycles. The molecule has 1 N–H and O–H groups in total. The van der Waals surface area contributed by atoms with E-state index in [0.29, 0.717) is 34.4 Å². The van der Waals surface area contributed by atoms with Gasteiger partial charge in [0.15, 0.2) is 0 Å². The number of carbonyl (C=O) groups is 1. The number of Topliss-reactive ketones (excluding diaryl/α,β-unsaturated/α-hetero) is 1. The molecule has 0 saturated heterocycles. The Morgan fingerprint density at radius 1 is 1.03 bits per heavy atom. The first-order chi connectivity index (χ1) is 15.9. The highest BCUT2D eigenvalue weighted by atomic mass is 35.5. The molecule has 0 unspecified atom stereocenters. The number of methoxy groups -OCH3 is 2. The van der Waals surface area contributed by atoms with Crippen LogP contribution < -0.4 is 14.8 Å². The molecule has 0 amide bonds. The van der Waals surface area contributed by atoms with Crippen molar-refractivity contribution in [1.82, 2.24) is 9.78 Å². The second-order valence-corrected chi connectivity index (χ2v) is 9.06. The molecule has 8 heteroatoms. The van der Waals surface area contributed by atoms with Gasteiger partial charge in [-0.15, -0.1) is 0 Å². The first-order valence-electron chi connectivity index (χ1n) is 10.7. The number of ketones is 1. The molecule has 33 heavy (non-hydrogen) atoms. The number of anilines is 1. The van der Waals surface area contributed by atoms with Crippen molar-refractivity contribution in [3.05, 3.63) is 75.0 Å². The third kappa shape index (κ3) is 3.67. The van der Waals surface area contributed by atoms with E-state index in [1.807, 2.05) is 35.9 Å². The predicted octanol–water partition coefficient (Wildman–Crippen LogP) is 5.93. The fourth-order valence-electron chi connectivity index (χ4n) is 4.83. The zero-order chi connectivity index (χ0) is 23.3. The first-order valence-corrected chi connectivity index (χ1v) is 11.4. The Kier molecular flexibility index (Phi) is 5.59. The number of carbonyl (C=O) groups excluding carboxylic acids is 1. The number of benzene rings is 2. The van der Waals surface area contributed by atoms with E-state index in [-0.39, 0.29) is 17.6 Å². The van der Waals surface area contributed by atoms with E-state index in [9.17, 15) is 4.79 Å². The summed E-state index contributed by atoms with van der Waals surface area (Å²) in [6, 6.07) is 11.2. The fourth-order valence-corrected chi connectivity index (χ4v) is 5.12. The third-order valence-corrected chi connectivity index (χ3v) is 7.07. The number of fused-ring (bicyclic) bond motifs is 2. The van der Waals surface area contributed by atoms with Gasteiger partial charge in [-0.3, -0.25) is 4.79 Å². The van der Waals surface area contributed by atoms with E-state index < -0.39 is 0 Å². The molecule has 0 bridgehead atoms. The van der Waals surface area contributed by atoms with Crippen molar-refractivity contribution in [2.45, 2.75) is 25.7 Å². The number of hydrogen-bond acceptors (Lipinski definition) is 5. The Hall–Kier alpha value is -2.96. The normalized spacial score (nSPS) is 19.3. The van der Waals surface area contributed by atoms with Gasteiger partial charge in [0.25, 0.3) is 0 Å². The summed E-state index contributed by atoms with van der Waals surface area (Å²) in [5.41, 5.74) is 4.41.